The minimum Gasteiger partial charge on any atom is -0.493 e. The molecule has 35 heavy (non-hydrogen) atoms. The van der Waals surface area contributed by atoms with Gasteiger partial charge in [0.2, 0.25) is 11.7 Å². The molecule has 1 unspecified atom stereocenters. The Morgan fingerprint density at radius 3 is 2.57 bits per heavy atom. The molecule has 1 aromatic carbocycles. The Morgan fingerprint density at radius 1 is 1.11 bits per heavy atom. The molecular formula is C23H28N8O4. The Balaban J connectivity index is 1.50. The molecule has 0 radical (unpaired) electrons. The van der Waals surface area contributed by atoms with E-state index < -0.39 is 0 Å². The predicted molar refractivity (Wildman–Crippen MR) is 130 cm³/mol. The number of hydrogen-bond acceptors (Lipinski definition) is 10. The van der Waals surface area contributed by atoms with Crippen molar-refractivity contribution in [3.05, 3.63) is 30.9 Å². The van der Waals surface area contributed by atoms with Gasteiger partial charge in [-0.25, -0.2) is 4.98 Å². The van der Waals surface area contributed by atoms with Crippen LogP contribution in [0.1, 0.15) is 12.8 Å². The van der Waals surface area contributed by atoms with Crippen LogP contribution < -0.4 is 24.4 Å². The normalized spacial score (nSPS) is 15.6. The third kappa shape index (κ3) is 4.05. The van der Waals surface area contributed by atoms with Crippen molar-refractivity contribution in [2.75, 3.05) is 44.7 Å². The lowest BCUT2D eigenvalue weighted by molar-refractivity contribution is 0.265. The molecule has 0 amide bonds. The standard InChI is InChI=1S/C23H28N8O4/c1-29-22-16(10-25-29)21(27-23(28-22)31-7-5-6-14(31)12-32)26-19-11-30(13-24-19)15-8-17(33-2)20(35-4)18(9-15)34-3/h8-11,13-14,32H,5-7,12H2,1-4H3,(H,26,27,28). The van der Waals surface area contributed by atoms with Crippen LogP contribution >= 0.6 is 0 Å². The molecule has 12 nitrogen and oxygen atoms in total. The summed E-state index contributed by atoms with van der Waals surface area (Å²) in [6.45, 7) is 0.860. The fourth-order valence-corrected chi connectivity index (χ4v) is 4.39. The molecule has 1 saturated heterocycles. The van der Waals surface area contributed by atoms with E-state index in [0.717, 1.165) is 30.5 Å². The van der Waals surface area contributed by atoms with Crippen molar-refractivity contribution in [1.82, 2.24) is 29.3 Å². The maximum absolute atomic E-state index is 9.78. The van der Waals surface area contributed by atoms with Gasteiger partial charge in [-0.05, 0) is 12.8 Å². The van der Waals surface area contributed by atoms with Gasteiger partial charge in [-0.3, -0.25) is 4.68 Å². The third-order valence-corrected chi connectivity index (χ3v) is 6.20. The lowest BCUT2D eigenvalue weighted by atomic mass is 10.2. The average Bonchev–Trinajstić information content (AvgIpc) is 3.63. The van der Waals surface area contributed by atoms with Crippen LogP contribution in [0.4, 0.5) is 17.6 Å². The van der Waals surface area contributed by atoms with Gasteiger partial charge in [-0.15, -0.1) is 0 Å². The molecule has 1 aliphatic heterocycles. The van der Waals surface area contributed by atoms with Crippen LogP contribution in [0.3, 0.4) is 0 Å². The fourth-order valence-electron chi connectivity index (χ4n) is 4.39. The summed E-state index contributed by atoms with van der Waals surface area (Å²) in [4.78, 5) is 16.1. The summed E-state index contributed by atoms with van der Waals surface area (Å²) in [5, 5.41) is 18.2. The predicted octanol–water partition coefficient (Wildman–Crippen LogP) is 2.28. The second kappa shape index (κ2) is 9.29. The van der Waals surface area contributed by atoms with Crippen molar-refractivity contribution in [2.45, 2.75) is 18.9 Å². The summed E-state index contributed by atoms with van der Waals surface area (Å²) in [7, 11) is 6.57. The minimum absolute atomic E-state index is 0.00719. The summed E-state index contributed by atoms with van der Waals surface area (Å²) < 4.78 is 19.9. The Labute approximate surface area is 202 Å². The molecule has 2 N–H and O–H groups in total. The number of methoxy groups -OCH3 is 3. The van der Waals surface area contributed by atoms with Crippen LogP contribution in [-0.4, -0.2) is 74.9 Å². The van der Waals surface area contributed by atoms with Gasteiger partial charge in [-0.1, -0.05) is 0 Å². The summed E-state index contributed by atoms with van der Waals surface area (Å²) in [6, 6.07) is 3.70. The molecule has 0 saturated carbocycles. The van der Waals surface area contributed by atoms with E-state index in [4.69, 9.17) is 24.2 Å². The number of aromatic nitrogens is 6. The monoisotopic (exact) mass is 480 g/mol. The number of benzene rings is 1. The Kier molecular flexibility index (Phi) is 6.03. The molecule has 184 valence electrons. The molecule has 12 heteroatoms. The van der Waals surface area contributed by atoms with E-state index in [1.54, 1.807) is 38.5 Å². The first kappa shape index (κ1) is 22.7. The SMILES string of the molecule is COc1cc(-n2cnc(Nc3nc(N4CCCC4CO)nc4c3cnn4C)c2)cc(OC)c1OC. The number of hydrogen-bond donors (Lipinski definition) is 2. The summed E-state index contributed by atoms with van der Waals surface area (Å²) >= 11 is 0. The highest BCUT2D eigenvalue weighted by molar-refractivity contribution is 5.89. The van der Waals surface area contributed by atoms with Crippen molar-refractivity contribution in [3.8, 4) is 22.9 Å². The molecular weight excluding hydrogens is 452 g/mol. The van der Waals surface area contributed by atoms with Crippen LogP contribution in [0.5, 0.6) is 17.2 Å². The lowest BCUT2D eigenvalue weighted by Gasteiger charge is -2.23. The number of ether oxygens (including phenoxy) is 3. The minimum atomic E-state index is 0.00719. The Morgan fingerprint density at radius 2 is 1.89 bits per heavy atom. The van der Waals surface area contributed by atoms with Gasteiger partial charge in [0.15, 0.2) is 17.1 Å². The van der Waals surface area contributed by atoms with E-state index in [1.165, 1.54) is 0 Å². The van der Waals surface area contributed by atoms with Crippen molar-refractivity contribution >= 4 is 28.6 Å². The molecule has 4 aromatic rings. The zero-order valence-corrected chi connectivity index (χ0v) is 20.1. The first-order valence-electron chi connectivity index (χ1n) is 11.2. The number of anilines is 3. The van der Waals surface area contributed by atoms with Crippen LogP contribution in [-0.2, 0) is 7.05 Å². The molecule has 0 bridgehead atoms. The third-order valence-electron chi connectivity index (χ3n) is 6.20. The van der Waals surface area contributed by atoms with Gasteiger partial charge in [0, 0.05) is 25.7 Å². The molecule has 1 atom stereocenters. The van der Waals surface area contributed by atoms with Crippen molar-refractivity contribution in [1.29, 1.82) is 0 Å². The molecule has 1 fully saturated rings. The number of aliphatic hydroxyl groups excluding tert-OH is 1. The number of rotatable bonds is 8. The van der Waals surface area contributed by atoms with Gasteiger partial charge >= 0.3 is 0 Å². The number of nitrogens with one attached hydrogen (secondary N) is 1. The summed E-state index contributed by atoms with van der Waals surface area (Å²) in [6.07, 6.45) is 7.15. The maximum Gasteiger partial charge on any atom is 0.229 e. The summed E-state index contributed by atoms with van der Waals surface area (Å²) in [5.74, 6) is 3.36. The molecule has 1 aliphatic rings. The second-order valence-electron chi connectivity index (χ2n) is 8.22. The van der Waals surface area contributed by atoms with Crippen molar-refractivity contribution < 1.29 is 19.3 Å². The van der Waals surface area contributed by atoms with E-state index in [2.05, 4.69) is 15.4 Å². The van der Waals surface area contributed by atoms with Crippen LogP contribution in [0, 0.1) is 0 Å². The lowest BCUT2D eigenvalue weighted by Crippen LogP contribution is -2.33. The number of aliphatic hydroxyl groups is 1. The van der Waals surface area contributed by atoms with E-state index in [1.807, 2.05) is 34.8 Å². The number of aryl methyl sites for hydroxylation is 1. The van der Waals surface area contributed by atoms with Crippen LogP contribution in [0.15, 0.2) is 30.9 Å². The summed E-state index contributed by atoms with van der Waals surface area (Å²) in [5.41, 5.74) is 1.49. The average molecular weight is 481 g/mol. The maximum atomic E-state index is 9.78. The Bertz CT molecular complexity index is 1330. The first-order valence-corrected chi connectivity index (χ1v) is 11.2. The number of imidazole rings is 1. The van der Waals surface area contributed by atoms with Gasteiger partial charge < -0.3 is 34.1 Å². The van der Waals surface area contributed by atoms with E-state index in [-0.39, 0.29) is 12.6 Å². The van der Waals surface area contributed by atoms with Gasteiger partial charge in [-0.2, -0.15) is 15.1 Å². The fraction of sp³-hybridized carbons (Fsp3) is 0.391. The molecule has 3 aromatic heterocycles. The zero-order chi connectivity index (χ0) is 24.5. The zero-order valence-electron chi connectivity index (χ0n) is 20.1. The molecule has 0 spiro atoms. The van der Waals surface area contributed by atoms with Crippen molar-refractivity contribution in [3.63, 3.8) is 0 Å². The molecule has 0 aliphatic carbocycles. The van der Waals surface area contributed by atoms with E-state index in [0.29, 0.717) is 40.5 Å². The number of fused-ring (bicyclic) bond motifs is 1. The Hall–Kier alpha value is -4.06. The quantitative estimate of drug-likeness (QED) is 0.388. The largest absolute Gasteiger partial charge is 0.493 e. The van der Waals surface area contributed by atoms with Crippen LogP contribution in [0.25, 0.3) is 16.7 Å². The molecule has 4 heterocycles. The molecule has 5 rings (SSSR count). The second-order valence-corrected chi connectivity index (χ2v) is 8.22. The first-order chi connectivity index (χ1) is 17.1. The van der Waals surface area contributed by atoms with E-state index >= 15 is 0 Å². The van der Waals surface area contributed by atoms with Crippen LogP contribution in [0.2, 0.25) is 0 Å². The van der Waals surface area contributed by atoms with Gasteiger partial charge in [0.25, 0.3) is 0 Å². The number of nitrogens with zero attached hydrogens (tertiary/aromatic N) is 7. The topological polar surface area (TPSA) is 125 Å². The van der Waals surface area contributed by atoms with Crippen molar-refractivity contribution in [2.24, 2.45) is 7.05 Å². The van der Waals surface area contributed by atoms with E-state index in [9.17, 15) is 5.11 Å². The highest BCUT2D eigenvalue weighted by Gasteiger charge is 2.27. The van der Waals surface area contributed by atoms with Gasteiger partial charge in [0.05, 0.1) is 57.4 Å². The highest BCUT2D eigenvalue weighted by atomic mass is 16.5. The smallest absolute Gasteiger partial charge is 0.229 e. The van der Waals surface area contributed by atoms with Gasteiger partial charge in [0.1, 0.15) is 18.0 Å². The highest BCUT2D eigenvalue weighted by Crippen LogP contribution is 2.39.